The van der Waals surface area contributed by atoms with Crippen molar-refractivity contribution in [3.05, 3.63) is 92.6 Å². The number of carbonyl (C=O) groups excluding carboxylic acids is 2. The molecule has 0 aliphatic heterocycles. The molecule has 0 radical (unpaired) electrons. The number of amides is 2. The van der Waals surface area contributed by atoms with Gasteiger partial charge in [0, 0.05) is 27.5 Å². The van der Waals surface area contributed by atoms with Crippen LogP contribution in [0.15, 0.2) is 76.6 Å². The Balaban J connectivity index is 1.78. The van der Waals surface area contributed by atoms with Gasteiger partial charge in [0.2, 0.25) is 5.91 Å². The standard InChI is InChI=1S/C24H25BrN2O2S/c1-18(2)27(24(29)20-10-12-21(25)13-11-20)17-23(28)26(16-22-9-6-14-30-22)15-19-7-4-3-5-8-19/h3-14,18H,15-17H2,1-2H3. The van der Waals surface area contributed by atoms with E-state index in [4.69, 9.17) is 0 Å². The largest absolute Gasteiger partial charge is 0.332 e. The molecule has 0 unspecified atom stereocenters. The summed E-state index contributed by atoms with van der Waals surface area (Å²) >= 11 is 5.02. The summed E-state index contributed by atoms with van der Waals surface area (Å²) in [6.07, 6.45) is 0. The van der Waals surface area contributed by atoms with E-state index < -0.39 is 0 Å². The van der Waals surface area contributed by atoms with Crippen molar-refractivity contribution >= 4 is 39.1 Å². The van der Waals surface area contributed by atoms with Gasteiger partial charge in [-0.25, -0.2) is 0 Å². The van der Waals surface area contributed by atoms with Gasteiger partial charge in [0.05, 0.1) is 6.54 Å². The molecule has 0 fully saturated rings. The molecule has 2 amide bonds. The molecule has 0 spiro atoms. The molecule has 0 saturated heterocycles. The second-order valence-electron chi connectivity index (χ2n) is 7.35. The van der Waals surface area contributed by atoms with Crippen LogP contribution in [0.5, 0.6) is 0 Å². The molecule has 3 rings (SSSR count). The maximum Gasteiger partial charge on any atom is 0.254 e. The summed E-state index contributed by atoms with van der Waals surface area (Å²) < 4.78 is 0.913. The van der Waals surface area contributed by atoms with Crippen LogP contribution >= 0.6 is 27.3 Å². The Morgan fingerprint density at radius 1 is 0.933 bits per heavy atom. The van der Waals surface area contributed by atoms with Gasteiger partial charge in [0.15, 0.2) is 0 Å². The highest BCUT2D eigenvalue weighted by Gasteiger charge is 2.25. The molecular formula is C24H25BrN2O2S. The smallest absolute Gasteiger partial charge is 0.254 e. The highest BCUT2D eigenvalue weighted by atomic mass is 79.9. The van der Waals surface area contributed by atoms with Gasteiger partial charge in [-0.2, -0.15) is 0 Å². The van der Waals surface area contributed by atoms with Crippen molar-refractivity contribution < 1.29 is 9.59 Å². The van der Waals surface area contributed by atoms with Crippen LogP contribution in [-0.2, 0) is 17.9 Å². The van der Waals surface area contributed by atoms with E-state index in [1.807, 2.05) is 78.7 Å². The third-order valence-electron chi connectivity index (χ3n) is 4.78. The number of nitrogens with zero attached hydrogens (tertiary/aromatic N) is 2. The minimum absolute atomic E-state index is 0.0464. The third-order valence-corrected chi connectivity index (χ3v) is 6.17. The first-order valence-electron chi connectivity index (χ1n) is 9.84. The van der Waals surface area contributed by atoms with Gasteiger partial charge < -0.3 is 9.80 Å². The molecule has 0 aliphatic carbocycles. The zero-order valence-corrected chi connectivity index (χ0v) is 19.5. The predicted molar refractivity (Wildman–Crippen MR) is 125 cm³/mol. The molecule has 0 atom stereocenters. The Morgan fingerprint density at radius 2 is 1.63 bits per heavy atom. The summed E-state index contributed by atoms with van der Waals surface area (Å²) in [6.45, 7) is 4.96. The van der Waals surface area contributed by atoms with E-state index in [1.54, 1.807) is 28.4 Å². The number of carbonyl (C=O) groups is 2. The normalized spacial score (nSPS) is 10.8. The lowest BCUT2D eigenvalue weighted by Crippen LogP contribution is -2.45. The van der Waals surface area contributed by atoms with Gasteiger partial charge in [-0.05, 0) is 55.1 Å². The fourth-order valence-corrected chi connectivity index (χ4v) is 4.10. The Morgan fingerprint density at radius 3 is 2.23 bits per heavy atom. The second kappa shape index (κ2) is 10.5. The summed E-state index contributed by atoms with van der Waals surface area (Å²) in [5.41, 5.74) is 1.64. The highest BCUT2D eigenvalue weighted by molar-refractivity contribution is 9.10. The minimum atomic E-state index is -0.137. The lowest BCUT2D eigenvalue weighted by Gasteiger charge is -2.30. The molecule has 3 aromatic rings. The molecule has 6 heteroatoms. The van der Waals surface area contributed by atoms with Crippen LogP contribution in [0, 0.1) is 0 Å². The van der Waals surface area contributed by atoms with Gasteiger partial charge in [0.1, 0.15) is 6.54 Å². The van der Waals surface area contributed by atoms with Crippen LogP contribution < -0.4 is 0 Å². The molecule has 2 aromatic carbocycles. The summed E-state index contributed by atoms with van der Waals surface area (Å²) in [5.74, 6) is -0.201. The van der Waals surface area contributed by atoms with Gasteiger partial charge >= 0.3 is 0 Å². The lowest BCUT2D eigenvalue weighted by molar-refractivity contribution is -0.133. The molecule has 1 aromatic heterocycles. The monoisotopic (exact) mass is 484 g/mol. The number of rotatable bonds is 8. The fourth-order valence-electron chi connectivity index (χ4n) is 3.12. The van der Waals surface area contributed by atoms with E-state index in [2.05, 4.69) is 15.9 Å². The van der Waals surface area contributed by atoms with Crippen LogP contribution in [0.25, 0.3) is 0 Å². The van der Waals surface area contributed by atoms with Crippen molar-refractivity contribution in [2.75, 3.05) is 6.54 Å². The van der Waals surface area contributed by atoms with Gasteiger partial charge in [0.25, 0.3) is 5.91 Å². The lowest BCUT2D eigenvalue weighted by atomic mass is 10.1. The zero-order valence-electron chi connectivity index (χ0n) is 17.1. The zero-order chi connectivity index (χ0) is 21.5. The Kier molecular flexibility index (Phi) is 7.82. The number of benzene rings is 2. The molecule has 1 heterocycles. The summed E-state index contributed by atoms with van der Waals surface area (Å²) in [7, 11) is 0. The van der Waals surface area contributed by atoms with Crippen molar-refractivity contribution in [2.24, 2.45) is 0 Å². The van der Waals surface area contributed by atoms with E-state index in [0.717, 1.165) is 14.9 Å². The van der Waals surface area contributed by atoms with E-state index >= 15 is 0 Å². The SMILES string of the molecule is CC(C)N(CC(=O)N(Cc1ccccc1)Cc1cccs1)C(=O)c1ccc(Br)cc1. The second-order valence-corrected chi connectivity index (χ2v) is 9.30. The maximum absolute atomic E-state index is 13.3. The quantitative estimate of drug-likeness (QED) is 0.418. The highest BCUT2D eigenvalue weighted by Crippen LogP contribution is 2.17. The molecule has 0 N–H and O–H groups in total. The molecular weight excluding hydrogens is 460 g/mol. The van der Waals surface area contributed by atoms with Gasteiger partial charge in [-0.1, -0.05) is 52.3 Å². The van der Waals surface area contributed by atoms with Crippen molar-refractivity contribution in [3.8, 4) is 0 Å². The number of hydrogen-bond acceptors (Lipinski definition) is 3. The third kappa shape index (κ3) is 6.03. The van der Waals surface area contributed by atoms with Crippen molar-refractivity contribution in [3.63, 3.8) is 0 Å². The van der Waals surface area contributed by atoms with E-state index in [9.17, 15) is 9.59 Å². The molecule has 0 bridgehead atoms. The summed E-state index contributed by atoms with van der Waals surface area (Å²) in [5, 5.41) is 2.01. The average molecular weight is 485 g/mol. The van der Waals surface area contributed by atoms with Gasteiger partial charge in [-0.15, -0.1) is 11.3 Å². The van der Waals surface area contributed by atoms with Crippen molar-refractivity contribution in [2.45, 2.75) is 33.0 Å². The van der Waals surface area contributed by atoms with Crippen LogP contribution in [0.3, 0.4) is 0 Å². The molecule has 0 saturated carbocycles. The number of halogens is 1. The van der Waals surface area contributed by atoms with Crippen LogP contribution in [-0.4, -0.2) is 34.2 Å². The summed E-state index contributed by atoms with van der Waals surface area (Å²) in [6, 6.07) is 21.1. The summed E-state index contributed by atoms with van der Waals surface area (Å²) in [4.78, 5) is 31.0. The van der Waals surface area contributed by atoms with E-state index in [-0.39, 0.29) is 24.4 Å². The van der Waals surface area contributed by atoms with Crippen molar-refractivity contribution in [1.29, 1.82) is 0 Å². The fraction of sp³-hybridized carbons (Fsp3) is 0.250. The number of thiophene rings is 1. The Hall–Kier alpha value is -2.44. The first-order chi connectivity index (χ1) is 14.4. The Labute approximate surface area is 190 Å². The van der Waals surface area contributed by atoms with Gasteiger partial charge in [-0.3, -0.25) is 9.59 Å². The molecule has 156 valence electrons. The first kappa shape index (κ1) is 22.2. The molecule has 30 heavy (non-hydrogen) atoms. The maximum atomic E-state index is 13.3. The van der Waals surface area contributed by atoms with Crippen LogP contribution in [0.4, 0.5) is 0 Å². The van der Waals surface area contributed by atoms with E-state index in [1.165, 1.54) is 0 Å². The van der Waals surface area contributed by atoms with E-state index in [0.29, 0.717) is 18.7 Å². The molecule has 4 nitrogen and oxygen atoms in total. The minimum Gasteiger partial charge on any atom is -0.332 e. The topological polar surface area (TPSA) is 40.6 Å². The Bertz CT molecular complexity index is 957. The number of hydrogen-bond donors (Lipinski definition) is 0. The van der Waals surface area contributed by atoms with Crippen LogP contribution in [0.1, 0.15) is 34.6 Å². The predicted octanol–water partition coefficient (Wildman–Crippen LogP) is 5.59. The first-order valence-corrected chi connectivity index (χ1v) is 11.5. The van der Waals surface area contributed by atoms with Crippen LogP contribution in [0.2, 0.25) is 0 Å². The van der Waals surface area contributed by atoms with Crippen molar-refractivity contribution in [1.82, 2.24) is 9.80 Å². The molecule has 0 aliphatic rings. The average Bonchev–Trinajstić information content (AvgIpc) is 3.25.